The molecule has 0 saturated heterocycles. The molecule has 0 aromatic rings. The third-order valence-electron chi connectivity index (χ3n) is 2.09. The van der Waals surface area contributed by atoms with E-state index >= 15 is 0 Å². The van der Waals surface area contributed by atoms with Gasteiger partial charge >= 0.3 is 6.98 Å². The van der Waals surface area contributed by atoms with Gasteiger partial charge in [-0.2, -0.15) is 0 Å². The summed E-state index contributed by atoms with van der Waals surface area (Å²) in [5.74, 6) is 0. The summed E-state index contributed by atoms with van der Waals surface area (Å²) in [6, 6.07) is -0.353. The molecule has 72 valence electrons. The largest absolute Gasteiger partial charge is 0.491 e. The van der Waals surface area contributed by atoms with Crippen molar-refractivity contribution in [2.75, 3.05) is 6.44 Å². The number of hydrogen-bond donors (Lipinski definition) is 2. The minimum atomic E-state index is -4.76. The number of aliphatic hydroxyl groups excluding tert-OH is 1. The van der Waals surface area contributed by atoms with Crippen LogP contribution in [0.4, 0.5) is 12.9 Å². The summed E-state index contributed by atoms with van der Waals surface area (Å²) in [4.78, 5) is 0. The maximum atomic E-state index is 11.8. The summed E-state index contributed by atoms with van der Waals surface area (Å²) >= 11 is 0. The second-order valence-electron chi connectivity index (χ2n) is 3.22. The molecule has 0 radical (unpaired) electrons. The molecule has 2 atom stereocenters. The average molecular weight is 182 g/mol. The number of aliphatic hydroxyl groups is 1. The SMILES string of the molecule is OC1CCCC1NC[B-](F)(F)F. The van der Waals surface area contributed by atoms with E-state index in [9.17, 15) is 12.9 Å². The van der Waals surface area contributed by atoms with Gasteiger partial charge in [0, 0.05) is 6.04 Å². The highest BCUT2D eigenvalue weighted by Gasteiger charge is 2.29. The molecule has 1 rings (SSSR count). The lowest BCUT2D eigenvalue weighted by Gasteiger charge is -2.21. The fraction of sp³-hybridized carbons (Fsp3) is 1.00. The van der Waals surface area contributed by atoms with E-state index in [2.05, 4.69) is 5.32 Å². The van der Waals surface area contributed by atoms with Gasteiger partial charge < -0.3 is 23.4 Å². The maximum absolute atomic E-state index is 11.8. The van der Waals surface area contributed by atoms with Crippen LogP contribution >= 0.6 is 0 Å². The van der Waals surface area contributed by atoms with Crippen LogP contribution in [-0.2, 0) is 0 Å². The highest BCUT2D eigenvalue weighted by molar-refractivity contribution is 6.58. The summed E-state index contributed by atoms with van der Waals surface area (Å²) in [5.41, 5.74) is 0. The summed E-state index contributed by atoms with van der Waals surface area (Å²) in [7, 11) is 0. The van der Waals surface area contributed by atoms with E-state index in [1.807, 2.05) is 0 Å². The fourth-order valence-electron chi connectivity index (χ4n) is 1.46. The average Bonchev–Trinajstić information content (AvgIpc) is 2.29. The van der Waals surface area contributed by atoms with E-state index in [0.717, 1.165) is 6.42 Å². The van der Waals surface area contributed by atoms with Gasteiger partial charge in [-0.15, -0.1) is 0 Å². The van der Waals surface area contributed by atoms with Crippen LogP contribution in [-0.4, -0.2) is 30.7 Å². The lowest BCUT2D eigenvalue weighted by atomic mass is 9.91. The molecule has 0 amide bonds. The van der Waals surface area contributed by atoms with E-state index in [-0.39, 0.29) is 6.04 Å². The molecule has 0 aromatic heterocycles. The normalized spacial score (nSPS) is 31.0. The third kappa shape index (κ3) is 3.02. The van der Waals surface area contributed by atoms with Crippen LogP contribution in [0.2, 0.25) is 0 Å². The standard InChI is InChI=1S/C6H12BF3NO/c8-7(9,10)4-11-5-2-1-3-6(5)12/h5-6,11-12H,1-4H2/q-1. The highest BCUT2D eigenvalue weighted by atomic mass is 19.4. The molecule has 0 aliphatic heterocycles. The van der Waals surface area contributed by atoms with Crippen LogP contribution in [0, 0.1) is 0 Å². The highest BCUT2D eigenvalue weighted by Crippen LogP contribution is 2.19. The van der Waals surface area contributed by atoms with E-state index in [1.165, 1.54) is 0 Å². The Morgan fingerprint density at radius 2 is 2.00 bits per heavy atom. The van der Waals surface area contributed by atoms with E-state index in [0.29, 0.717) is 12.8 Å². The molecule has 1 aliphatic carbocycles. The zero-order valence-corrected chi connectivity index (χ0v) is 6.64. The Labute approximate surface area is 69.2 Å². The zero-order valence-electron chi connectivity index (χ0n) is 6.64. The first-order valence-corrected chi connectivity index (χ1v) is 4.11. The molecular formula is C6H12BF3NO-. The molecule has 2 N–H and O–H groups in total. The summed E-state index contributed by atoms with van der Waals surface area (Å²) in [6.07, 6.45) is 0.532. The Hall–Kier alpha value is -0.225. The van der Waals surface area contributed by atoms with Crippen molar-refractivity contribution in [3.05, 3.63) is 0 Å². The van der Waals surface area contributed by atoms with Gasteiger partial charge in [-0.05, 0) is 25.7 Å². The lowest BCUT2D eigenvalue weighted by molar-refractivity contribution is 0.150. The van der Waals surface area contributed by atoms with Crippen molar-refractivity contribution < 1.29 is 18.1 Å². The van der Waals surface area contributed by atoms with Crippen LogP contribution in [0.25, 0.3) is 0 Å². The number of nitrogens with one attached hydrogen (secondary N) is 1. The Bertz CT molecular complexity index is 152. The second-order valence-corrected chi connectivity index (χ2v) is 3.22. The van der Waals surface area contributed by atoms with Gasteiger partial charge in [0.25, 0.3) is 0 Å². The molecule has 0 aromatic carbocycles. The molecule has 1 saturated carbocycles. The fourth-order valence-corrected chi connectivity index (χ4v) is 1.46. The van der Waals surface area contributed by atoms with Crippen molar-refractivity contribution in [2.24, 2.45) is 0 Å². The van der Waals surface area contributed by atoms with Crippen LogP contribution in [0.1, 0.15) is 19.3 Å². The molecule has 2 nitrogen and oxygen atoms in total. The predicted molar refractivity (Wildman–Crippen MR) is 40.7 cm³/mol. The molecule has 6 heteroatoms. The van der Waals surface area contributed by atoms with Crippen LogP contribution in [0.15, 0.2) is 0 Å². The Morgan fingerprint density at radius 1 is 1.33 bits per heavy atom. The van der Waals surface area contributed by atoms with Crippen molar-refractivity contribution in [3.63, 3.8) is 0 Å². The number of halogens is 3. The summed E-state index contributed by atoms with van der Waals surface area (Å²) in [5, 5.41) is 11.5. The van der Waals surface area contributed by atoms with E-state index in [1.54, 1.807) is 0 Å². The van der Waals surface area contributed by atoms with Crippen LogP contribution < -0.4 is 5.32 Å². The minimum Gasteiger partial charge on any atom is -0.448 e. The lowest BCUT2D eigenvalue weighted by Crippen LogP contribution is -2.43. The predicted octanol–water partition coefficient (Wildman–Crippen LogP) is 0.876. The van der Waals surface area contributed by atoms with Gasteiger partial charge in [-0.3, -0.25) is 0 Å². The topological polar surface area (TPSA) is 32.3 Å². The van der Waals surface area contributed by atoms with Gasteiger partial charge in [0.2, 0.25) is 0 Å². The third-order valence-corrected chi connectivity index (χ3v) is 2.09. The molecular weight excluding hydrogens is 170 g/mol. The van der Waals surface area contributed by atoms with Crippen molar-refractivity contribution in [3.8, 4) is 0 Å². The summed E-state index contributed by atoms with van der Waals surface area (Å²) < 4.78 is 35.3. The first kappa shape index (κ1) is 9.86. The number of hydrogen-bond acceptors (Lipinski definition) is 2. The molecule has 0 spiro atoms. The monoisotopic (exact) mass is 182 g/mol. The van der Waals surface area contributed by atoms with Crippen molar-refractivity contribution in [2.45, 2.75) is 31.4 Å². The van der Waals surface area contributed by atoms with Crippen molar-refractivity contribution in [1.82, 2.24) is 5.32 Å². The quantitative estimate of drug-likeness (QED) is 0.634. The first-order chi connectivity index (χ1) is 5.49. The Morgan fingerprint density at radius 3 is 2.42 bits per heavy atom. The first-order valence-electron chi connectivity index (χ1n) is 4.11. The minimum absolute atomic E-state index is 0.353. The molecule has 1 fully saturated rings. The second kappa shape index (κ2) is 3.66. The van der Waals surface area contributed by atoms with Crippen molar-refractivity contribution in [1.29, 1.82) is 0 Å². The van der Waals surface area contributed by atoms with Gasteiger partial charge in [0.15, 0.2) is 0 Å². The zero-order chi connectivity index (χ0) is 9.19. The van der Waals surface area contributed by atoms with Gasteiger partial charge in [0.1, 0.15) is 0 Å². The molecule has 0 heterocycles. The van der Waals surface area contributed by atoms with E-state index < -0.39 is 19.5 Å². The van der Waals surface area contributed by atoms with Gasteiger partial charge in [-0.1, -0.05) is 0 Å². The van der Waals surface area contributed by atoms with E-state index in [4.69, 9.17) is 5.11 Å². The maximum Gasteiger partial charge on any atom is 0.491 e. The summed E-state index contributed by atoms with van der Waals surface area (Å²) in [6.45, 7) is -4.76. The smallest absolute Gasteiger partial charge is 0.448 e. The Kier molecular flexibility index (Phi) is 3.01. The number of rotatable bonds is 3. The van der Waals surface area contributed by atoms with Crippen molar-refractivity contribution >= 4 is 6.98 Å². The molecule has 0 bridgehead atoms. The molecule has 1 aliphatic rings. The van der Waals surface area contributed by atoms with Gasteiger partial charge in [0.05, 0.1) is 6.10 Å². The van der Waals surface area contributed by atoms with Crippen LogP contribution in [0.3, 0.4) is 0 Å². The van der Waals surface area contributed by atoms with Crippen LogP contribution in [0.5, 0.6) is 0 Å². The molecule has 2 unspecified atom stereocenters. The van der Waals surface area contributed by atoms with Gasteiger partial charge in [-0.25, -0.2) is 0 Å². The molecule has 12 heavy (non-hydrogen) atoms. The Balaban J connectivity index is 2.23.